The van der Waals surface area contributed by atoms with Crippen molar-refractivity contribution >= 4 is 0 Å². The van der Waals surface area contributed by atoms with Crippen molar-refractivity contribution in [2.24, 2.45) is 0 Å². The van der Waals surface area contributed by atoms with Crippen LogP contribution in [-0.4, -0.2) is 9.67 Å². The second-order valence-corrected chi connectivity index (χ2v) is 3.80. The van der Waals surface area contributed by atoms with Crippen molar-refractivity contribution in [3.05, 3.63) is 64.1 Å². The monoisotopic (exact) mass is 215 g/mol. The molecule has 0 aliphatic heterocycles. The Balaban J connectivity index is 2.35. The molecule has 2 rings (SSSR count). The number of nitrogens with zero attached hydrogens (tertiary/aromatic N) is 1. The van der Waals surface area contributed by atoms with Gasteiger partial charge in [-0.1, -0.05) is 18.2 Å². The maximum atomic E-state index is 11.6. The highest BCUT2D eigenvalue weighted by atomic mass is 16.3. The lowest BCUT2D eigenvalue weighted by atomic mass is 10.2. The second-order valence-electron chi connectivity index (χ2n) is 3.80. The van der Waals surface area contributed by atoms with Gasteiger partial charge in [0.1, 0.15) is 5.75 Å². The molecular weight excluding hydrogens is 202 g/mol. The van der Waals surface area contributed by atoms with Crippen LogP contribution in [0.5, 0.6) is 5.75 Å². The van der Waals surface area contributed by atoms with E-state index in [0.717, 1.165) is 11.1 Å². The fraction of sp³-hybridized carbons (Fsp3) is 0.154. The fourth-order valence-corrected chi connectivity index (χ4v) is 1.57. The third-order valence-electron chi connectivity index (χ3n) is 2.48. The number of para-hydroxylation sites is 1. The third-order valence-corrected chi connectivity index (χ3v) is 2.48. The molecule has 1 aromatic heterocycles. The third kappa shape index (κ3) is 2.14. The van der Waals surface area contributed by atoms with Gasteiger partial charge >= 0.3 is 0 Å². The highest BCUT2D eigenvalue weighted by Gasteiger charge is 2.02. The van der Waals surface area contributed by atoms with Gasteiger partial charge in [-0.2, -0.15) is 0 Å². The van der Waals surface area contributed by atoms with Crippen LogP contribution in [0, 0.1) is 6.92 Å². The average Bonchev–Trinajstić information content (AvgIpc) is 2.25. The summed E-state index contributed by atoms with van der Waals surface area (Å²) in [6, 6.07) is 10.5. The molecule has 2 aromatic rings. The van der Waals surface area contributed by atoms with Gasteiger partial charge in [-0.25, -0.2) is 0 Å². The van der Waals surface area contributed by atoms with Gasteiger partial charge in [0.2, 0.25) is 0 Å². The number of phenols is 1. The fourth-order valence-electron chi connectivity index (χ4n) is 1.57. The summed E-state index contributed by atoms with van der Waals surface area (Å²) in [6.45, 7) is 2.28. The zero-order chi connectivity index (χ0) is 11.5. The zero-order valence-electron chi connectivity index (χ0n) is 9.05. The molecule has 0 amide bonds. The minimum Gasteiger partial charge on any atom is -0.508 e. The Kier molecular flexibility index (Phi) is 2.77. The Bertz CT molecular complexity index is 558. The first-order valence-electron chi connectivity index (χ1n) is 5.11. The number of aromatic nitrogens is 1. The predicted molar refractivity (Wildman–Crippen MR) is 62.6 cm³/mol. The Morgan fingerprint density at radius 1 is 1.25 bits per heavy atom. The van der Waals surface area contributed by atoms with E-state index in [1.165, 1.54) is 0 Å². The van der Waals surface area contributed by atoms with Gasteiger partial charge in [-0.05, 0) is 24.6 Å². The van der Waals surface area contributed by atoms with Gasteiger partial charge in [0.25, 0.3) is 5.56 Å². The van der Waals surface area contributed by atoms with Crippen molar-refractivity contribution in [2.45, 2.75) is 13.5 Å². The summed E-state index contributed by atoms with van der Waals surface area (Å²) >= 11 is 0. The quantitative estimate of drug-likeness (QED) is 0.831. The number of rotatable bonds is 2. The Hall–Kier alpha value is -2.03. The van der Waals surface area contributed by atoms with Crippen LogP contribution in [0.3, 0.4) is 0 Å². The smallest absolute Gasteiger partial charge is 0.251 e. The lowest BCUT2D eigenvalue weighted by molar-refractivity contribution is 0.465. The van der Waals surface area contributed by atoms with Gasteiger partial charge in [-0.3, -0.25) is 4.79 Å². The Labute approximate surface area is 93.6 Å². The SMILES string of the molecule is Cc1ccn(Cc2ccccc2O)c(=O)c1. The van der Waals surface area contributed by atoms with Crippen LogP contribution in [0.1, 0.15) is 11.1 Å². The van der Waals surface area contributed by atoms with Crippen LogP contribution in [0.25, 0.3) is 0 Å². The summed E-state index contributed by atoms with van der Waals surface area (Å²) in [5.74, 6) is 0.218. The van der Waals surface area contributed by atoms with Crippen LogP contribution < -0.4 is 5.56 Å². The van der Waals surface area contributed by atoms with E-state index >= 15 is 0 Å². The van der Waals surface area contributed by atoms with Crippen molar-refractivity contribution in [1.29, 1.82) is 0 Å². The minimum absolute atomic E-state index is 0.0525. The molecule has 1 heterocycles. The molecule has 0 fully saturated rings. The summed E-state index contributed by atoms with van der Waals surface area (Å²) in [5, 5.41) is 9.60. The molecule has 0 aliphatic rings. The molecule has 0 bridgehead atoms. The number of hydrogen-bond donors (Lipinski definition) is 1. The topological polar surface area (TPSA) is 42.2 Å². The van der Waals surface area contributed by atoms with Crippen LogP contribution in [0.4, 0.5) is 0 Å². The van der Waals surface area contributed by atoms with E-state index in [1.807, 2.05) is 25.1 Å². The molecule has 0 spiro atoms. The van der Waals surface area contributed by atoms with Gasteiger partial charge in [0.15, 0.2) is 0 Å². The summed E-state index contributed by atoms with van der Waals surface area (Å²) in [7, 11) is 0. The summed E-state index contributed by atoms with van der Waals surface area (Å²) in [5.41, 5.74) is 1.63. The lowest BCUT2D eigenvalue weighted by Crippen LogP contribution is -2.19. The van der Waals surface area contributed by atoms with E-state index in [4.69, 9.17) is 0 Å². The van der Waals surface area contributed by atoms with Crippen LogP contribution in [0.15, 0.2) is 47.4 Å². The molecule has 1 aromatic carbocycles. The minimum atomic E-state index is -0.0525. The van der Waals surface area contributed by atoms with E-state index in [-0.39, 0.29) is 11.3 Å². The zero-order valence-corrected chi connectivity index (χ0v) is 9.05. The lowest BCUT2D eigenvalue weighted by Gasteiger charge is -2.07. The molecular formula is C13H13NO2. The van der Waals surface area contributed by atoms with E-state index < -0.39 is 0 Å². The van der Waals surface area contributed by atoms with Crippen LogP contribution in [-0.2, 0) is 6.54 Å². The van der Waals surface area contributed by atoms with Crippen LogP contribution >= 0.6 is 0 Å². The van der Waals surface area contributed by atoms with Crippen LogP contribution in [0.2, 0.25) is 0 Å². The van der Waals surface area contributed by atoms with Gasteiger partial charge in [0, 0.05) is 17.8 Å². The molecule has 1 N–H and O–H groups in total. The van der Waals surface area contributed by atoms with E-state index in [1.54, 1.807) is 29.0 Å². The molecule has 0 unspecified atom stereocenters. The number of aryl methyl sites for hydroxylation is 1. The Morgan fingerprint density at radius 2 is 2.00 bits per heavy atom. The molecule has 0 saturated heterocycles. The van der Waals surface area contributed by atoms with Crippen molar-refractivity contribution in [3.63, 3.8) is 0 Å². The molecule has 0 radical (unpaired) electrons. The highest BCUT2D eigenvalue weighted by Crippen LogP contribution is 2.15. The molecule has 16 heavy (non-hydrogen) atoms. The van der Waals surface area contributed by atoms with E-state index in [0.29, 0.717) is 6.54 Å². The highest BCUT2D eigenvalue weighted by molar-refractivity contribution is 5.32. The van der Waals surface area contributed by atoms with Crippen molar-refractivity contribution < 1.29 is 5.11 Å². The number of aromatic hydroxyl groups is 1. The van der Waals surface area contributed by atoms with Gasteiger partial charge in [0.05, 0.1) is 6.54 Å². The van der Waals surface area contributed by atoms with E-state index in [2.05, 4.69) is 0 Å². The predicted octanol–water partition coefficient (Wildman–Crippen LogP) is 1.91. The number of benzene rings is 1. The maximum absolute atomic E-state index is 11.6. The number of phenolic OH excluding ortho intramolecular Hbond substituents is 1. The van der Waals surface area contributed by atoms with Gasteiger partial charge < -0.3 is 9.67 Å². The second kappa shape index (κ2) is 4.23. The van der Waals surface area contributed by atoms with Crippen molar-refractivity contribution in [2.75, 3.05) is 0 Å². The average molecular weight is 215 g/mol. The molecule has 0 saturated carbocycles. The standard InChI is InChI=1S/C13H13NO2/c1-10-6-7-14(13(16)8-10)9-11-4-2-3-5-12(11)15/h2-8,15H,9H2,1H3. The van der Waals surface area contributed by atoms with Crippen molar-refractivity contribution in [3.8, 4) is 5.75 Å². The molecule has 3 heteroatoms. The number of hydrogen-bond acceptors (Lipinski definition) is 2. The van der Waals surface area contributed by atoms with Gasteiger partial charge in [-0.15, -0.1) is 0 Å². The number of pyridine rings is 1. The summed E-state index contributed by atoms with van der Waals surface area (Å²) in [6.07, 6.45) is 1.74. The summed E-state index contributed by atoms with van der Waals surface area (Å²) < 4.78 is 1.57. The first-order valence-corrected chi connectivity index (χ1v) is 5.11. The summed E-state index contributed by atoms with van der Waals surface area (Å²) in [4.78, 5) is 11.6. The molecule has 0 aliphatic carbocycles. The normalized spacial score (nSPS) is 10.3. The molecule has 3 nitrogen and oxygen atoms in total. The van der Waals surface area contributed by atoms with Crippen molar-refractivity contribution in [1.82, 2.24) is 4.57 Å². The maximum Gasteiger partial charge on any atom is 0.251 e. The Morgan fingerprint density at radius 3 is 2.69 bits per heavy atom. The first-order chi connectivity index (χ1) is 7.66. The largest absolute Gasteiger partial charge is 0.508 e. The first kappa shape index (κ1) is 10.5. The molecule has 82 valence electrons. The molecule has 0 atom stereocenters. The van der Waals surface area contributed by atoms with E-state index in [9.17, 15) is 9.90 Å².